The number of fused-ring (bicyclic) bond motifs is 2. The maximum atomic E-state index is 13.0. The number of hydrogen-bond donors (Lipinski definition) is 0. The summed E-state index contributed by atoms with van der Waals surface area (Å²) in [5, 5.41) is 10.0. The van der Waals surface area contributed by atoms with Crippen LogP contribution in [-0.2, 0) is 15.1 Å². The highest BCUT2D eigenvalue weighted by Crippen LogP contribution is 2.50. The van der Waals surface area contributed by atoms with Crippen LogP contribution in [0.4, 0.5) is 5.82 Å². The molecule has 1 unspecified atom stereocenters. The van der Waals surface area contributed by atoms with Crippen molar-refractivity contribution in [2.75, 3.05) is 24.6 Å². The second-order valence-corrected chi connectivity index (χ2v) is 9.33. The van der Waals surface area contributed by atoms with E-state index < -0.39 is 5.60 Å². The molecule has 1 aliphatic carbocycles. The summed E-state index contributed by atoms with van der Waals surface area (Å²) >= 11 is 12.2. The predicted molar refractivity (Wildman–Crippen MR) is 118 cm³/mol. The van der Waals surface area contributed by atoms with Gasteiger partial charge in [0, 0.05) is 31.4 Å². The van der Waals surface area contributed by atoms with Crippen LogP contribution in [0.3, 0.4) is 0 Å². The monoisotopic (exact) mass is 456 g/mol. The molecule has 31 heavy (non-hydrogen) atoms. The lowest BCUT2D eigenvalue weighted by Gasteiger charge is -2.41. The molecule has 160 valence electrons. The van der Waals surface area contributed by atoms with E-state index in [0.717, 1.165) is 37.1 Å². The molecule has 2 bridgehead atoms. The van der Waals surface area contributed by atoms with Crippen LogP contribution in [0.2, 0.25) is 10.0 Å². The first-order valence-corrected chi connectivity index (χ1v) is 11.3. The fourth-order valence-electron chi connectivity index (χ4n) is 4.79. The zero-order chi connectivity index (χ0) is 21.6. The average Bonchev–Trinajstić information content (AvgIpc) is 3.53. The van der Waals surface area contributed by atoms with Gasteiger partial charge in [0.2, 0.25) is 5.91 Å². The van der Waals surface area contributed by atoms with Gasteiger partial charge < -0.3 is 14.5 Å². The molecular formula is C23H22Cl2N4O2. The highest BCUT2D eigenvalue weighted by atomic mass is 35.5. The van der Waals surface area contributed by atoms with Crippen LogP contribution in [0.5, 0.6) is 0 Å². The van der Waals surface area contributed by atoms with Crippen LogP contribution in [0.1, 0.15) is 36.8 Å². The summed E-state index contributed by atoms with van der Waals surface area (Å²) in [6, 6.07) is 11.8. The maximum absolute atomic E-state index is 13.0. The second kappa shape index (κ2) is 7.98. The molecular weight excluding hydrogens is 435 g/mol. The Balaban J connectivity index is 1.22. The van der Waals surface area contributed by atoms with Gasteiger partial charge in [-0.2, -0.15) is 5.26 Å². The van der Waals surface area contributed by atoms with Crippen molar-refractivity contribution < 1.29 is 9.53 Å². The van der Waals surface area contributed by atoms with Crippen molar-refractivity contribution in [2.24, 2.45) is 0 Å². The number of likely N-dealkylation sites (tertiary alicyclic amines) is 1. The lowest BCUT2D eigenvalue weighted by atomic mass is 10.1. The van der Waals surface area contributed by atoms with E-state index >= 15 is 0 Å². The third kappa shape index (κ3) is 3.87. The number of ether oxygens (including phenoxy) is 1. The number of nitriles is 1. The van der Waals surface area contributed by atoms with E-state index in [9.17, 15) is 4.79 Å². The molecule has 0 spiro atoms. The number of nitrogens with zero attached hydrogens (tertiary/aromatic N) is 4. The van der Waals surface area contributed by atoms with E-state index in [1.54, 1.807) is 18.3 Å². The van der Waals surface area contributed by atoms with E-state index in [2.05, 4.69) is 16.0 Å². The number of benzene rings is 1. The Morgan fingerprint density at radius 2 is 1.90 bits per heavy atom. The van der Waals surface area contributed by atoms with Crippen molar-refractivity contribution in [3.05, 3.63) is 57.7 Å². The minimum absolute atomic E-state index is 0.0238. The summed E-state index contributed by atoms with van der Waals surface area (Å²) < 4.78 is 6.11. The zero-order valence-electron chi connectivity index (χ0n) is 16.9. The van der Waals surface area contributed by atoms with Gasteiger partial charge in [-0.3, -0.25) is 4.79 Å². The fourth-order valence-corrected chi connectivity index (χ4v) is 5.08. The number of amides is 1. The normalized spacial score (nSPS) is 23.5. The van der Waals surface area contributed by atoms with Gasteiger partial charge in [0.05, 0.1) is 21.2 Å². The Kier molecular flexibility index (Phi) is 5.29. The molecule has 8 heteroatoms. The van der Waals surface area contributed by atoms with Gasteiger partial charge in [0.1, 0.15) is 18.5 Å². The van der Waals surface area contributed by atoms with Gasteiger partial charge in [-0.1, -0.05) is 29.3 Å². The third-order valence-corrected chi connectivity index (χ3v) is 7.34. The second-order valence-electron chi connectivity index (χ2n) is 8.52. The van der Waals surface area contributed by atoms with E-state index in [0.29, 0.717) is 28.7 Å². The van der Waals surface area contributed by atoms with Gasteiger partial charge in [-0.15, -0.1) is 0 Å². The molecule has 1 saturated carbocycles. The smallest absolute Gasteiger partial charge is 0.248 e. The molecule has 0 N–H and O–H groups in total. The first-order chi connectivity index (χ1) is 15.0. The minimum atomic E-state index is -0.420. The molecule has 6 nitrogen and oxygen atoms in total. The van der Waals surface area contributed by atoms with Crippen molar-refractivity contribution >= 4 is 34.9 Å². The topological polar surface area (TPSA) is 69.5 Å². The number of anilines is 1. The lowest BCUT2D eigenvalue weighted by molar-refractivity contribution is -0.140. The van der Waals surface area contributed by atoms with Gasteiger partial charge in [-0.05, 0) is 55.5 Å². The fraction of sp³-hybridized carbons (Fsp3) is 0.435. The van der Waals surface area contributed by atoms with Crippen LogP contribution < -0.4 is 4.90 Å². The highest BCUT2D eigenvalue weighted by molar-refractivity contribution is 6.42. The molecule has 2 aromatic rings. The summed E-state index contributed by atoms with van der Waals surface area (Å²) in [6.45, 7) is 1.40. The zero-order valence-corrected chi connectivity index (χ0v) is 18.4. The van der Waals surface area contributed by atoms with Crippen molar-refractivity contribution in [1.82, 2.24) is 9.88 Å². The molecule has 1 aromatic carbocycles. The molecule has 2 saturated heterocycles. The predicted octanol–water partition coefficient (Wildman–Crippen LogP) is 4.15. The number of rotatable bonds is 5. The van der Waals surface area contributed by atoms with E-state index in [1.807, 2.05) is 23.1 Å². The minimum Gasteiger partial charge on any atom is -0.360 e. The van der Waals surface area contributed by atoms with Gasteiger partial charge >= 0.3 is 0 Å². The van der Waals surface area contributed by atoms with Crippen molar-refractivity contribution in [3.8, 4) is 6.07 Å². The number of pyridine rings is 1. The van der Waals surface area contributed by atoms with Crippen molar-refractivity contribution in [2.45, 2.75) is 43.4 Å². The van der Waals surface area contributed by atoms with Crippen LogP contribution in [0, 0.1) is 11.3 Å². The number of halogens is 2. The maximum Gasteiger partial charge on any atom is 0.248 e. The molecule has 3 aliphatic rings. The average molecular weight is 457 g/mol. The summed E-state index contributed by atoms with van der Waals surface area (Å²) in [7, 11) is 0. The lowest BCUT2D eigenvalue weighted by Crippen LogP contribution is -2.56. The Labute approximate surface area is 191 Å². The number of piperazine rings is 1. The Hall–Kier alpha value is -2.33. The highest BCUT2D eigenvalue weighted by Gasteiger charge is 2.47. The SMILES string of the molecule is N#Cc1ccc(N2C3CC[C@H]2CN(C(=O)COC2(c4ccc(Cl)c(Cl)c4)CC2)C3)nc1. The molecule has 3 fully saturated rings. The number of carbonyl (C=O) groups is 1. The Morgan fingerprint density at radius 3 is 2.48 bits per heavy atom. The Bertz CT molecular complexity index is 1030. The molecule has 3 heterocycles. The van der Waals surface area contributed by atoms with E-state index in [4.69, 9.17) is 33.2 Å². The Morgan fingerprint density at radius 1 is 1.16 bits per heavy atom. The third-order valence-electron chi connectivity index (χ3n) is 6.60. The van der Waals surface area contributed by atoms with Crippen molar-refractivity contribution in [3.63, 3.8) is 0 Å². The largest absolute Gasteiger partial charge is 0.360 e. The molecule has 2 atom stereocenters. The first kappa shape index (κ1) is 20.6. The van der Waals surface area contributed by atoms with Crippen LogP contribution in [-0.4, -0.2) is 47.6 Å². The molecule has 2 aliphatic heterocycles. The van der Waals surface area contributed by atoms with Crippen LogP contribution in [0.25, 0.3) is 0 Å². The molecule has 0 radical (unpaired) electrons. The number of hydrogen-bond acceptors (Lipinski definition) is 5. The molecule has 5 rings (SSSR count). The molecule has 1 aromatic heterocycles. The number of aromatic nitrogens is 1. The van der Waals surface area contributed by atoms with Crippen LogP contribution >= 0.6 is 23.2 Å². The standard InChI is InChI=1S/C23H22Cl2N4O2/c24-19-5-2-16(9-20(19)25)23(7-8-23)31-14-22(30)28-12-17-3-4-18(13-28)29(17)21-6-1-15(10-26)11-27-21/h1-2,5-6,9,11,17-18H,3-4,7-8,12-14H2/t17-,18?/m0/s1. The summed E-state index contributed by atoms with van der Waals surface area (Å²) in [5.74, 6) is 0.905. The summed E-state index contributed by atoms with van der Waals surface area (Å²) in [4.78, 5) is 21.7. The van der Waals surface area contributed by atoms with Gasteiger partial charge in [0.25, 0.3) is 0 Å². The van der Waals surface area contributed by atoms with Crippen molar-refractivity contribution in [1.29, 1.82) is 5.26 Å². The van der Waals surface area contributed by atoms with Crippen LogP contribution in [0.15, 0.2) is 36.5 Å². The van der Waals surface area contributed by atoms with Gasteiger partial charge in [-0.25, -0.2) is 4.98 Å². The molecule has 1 amide bonds. The van der Waals surface area contributed by atoms with Gasteiger partial charge in [0.15, 0.2) is 0 Å². The first-order valence-electron chi connectivity index (χ1n) is 10.5. The van der Waals surface area contributed by atoms with E-state index in [-0.39, 0.29) is 24.6 Å². The summed E-state index contributed by atoms with van der Waals surface area (Å²) in [6.07, 6.45) is 5.43. The summed E-state index contributed by atoms with van der Waals surface area (Å²) in [5.41, 5.74) is 1.11. The quantitative estimate of drug-likeness (QED) is 0.675. The number of carbonyl (C=O) groups excluding carboxylic acids is 1. The van der Waals surface area contributed by atoms with E-state index in [1.165, 1.54) is 0 Å².